The van der Waals surface area contributed by atoms with E-state index in [0.29, 0.717) is 5.56 Å². The smallest absolute Gasteiger partial charge is 0.335 e. The van der Waals surface area contributed by atoms with E-state index in [2.05, 4.69) is 5.32 Å². The number of benzene rings is 1. The number of hydrogen-bond donors (Lipinski definition) is 2. The van der Waals surface area contributed by atoms with Gasteiger partial charge in [0, 0.05) is 6.54 Å². The molecule has 0 amide bonds. The molecule has 1 rings (SSSR count). The fourth-order valence-corrected chi connectivity index (χ4v) is 1.03. The number of carboxylic acids is 1. The molecule has 1 aromatic carbocycles. The maximum atomic E-state index is 10.5. The van der Waals surface area contributed by atoms with Gasteiger partial charge in [0.1, 0.15) is 0 Å². The van der Waals surface area contributed by atoms with Crippen molar-refractivity contribution in [2.45, 2.75) is 13.5 Å². The molecule has 0 unspecified atom stereocenters. The van der Waals surface area contributed by atoms with Crippen LogP contribution in [0, 0.1) is 0 Å². The average molecular weight is 179 g/mol. The Labute approximate surface area is 77.4 Å². The van der Waals surface area contributed by atoms with E-state index in [1.807, 2.05) is 19.1 Å². The van der Waals surface area contributed by atoms with E-state index in [0.717, 1.165) is 18.7 Å². The van der Waals surface area contributed by atoms with Gasteiger partial charge in [-0.25, -0.2) is 4.79 Å². The van der Waals surface area contributed by atoms with E-state index >= 15 is 0 Å². The Kier molecular flexibility index (Phi) is 3.46. The highest BCUT2D eigenvalue weighted by atomic mass is 16.4. The van der Waals surface area contributed by atoms with Gasteiger partial charge in [0.2, 0.25) is 0 Å². The average Bonchev–Trinajstić information content (AvgIpc) is 2.15. The highest BCUT2D eigenvalue weighted by Gasteiger charge is 2.00. The lowest BCUT2D eigenvalue weighted by Crippen LogP contribution is -2.11. The van der Waals surface area contributed by atoms with Gasteiger partial charge in [-0.1, -0.05) is 19.1 Å². The van der Waals surface area contributed by atoms with Crippen LogP contribution in [-0.4, -0.2) is 17.6 Å². The molecule has 0 saturated carbocycles. The Bertz CT molecular complexity index is 279. The fraction of sp³-hybridized carbons (Fsp3) is 0.300. The maximum Gasteiger partial charge on any atom is 0.335 e. The second-order valence-electron chi connectivity index (χ2n) is 2.78. The molecule has 0 atom stereocenters. The van der Waals surface area contributed by atoms with Crippen molar-refractivity contribution < 1.29 is 9.90 Å². The molecule has 1 aromatic rings. The van der Waals surface area contributed by atoms with E-state index in [4.69, 9.17) is 5.11 Å². The molecule has 0 fully saturated rings. The Hall–Kier alpha value is -1.35. The number of aromatic carboxylic acids is 1. The quantitative estimate of drug-likeness (QED) is 0.736. The molecule has 0 aliphatic carbocycles. The predicted molar refractivity (Wildman–Crippen MR) is 50.8 cm³/mol. The standard InChI is InChI=1S/C10H13NO2/c1-2-11-7-8-3-5-9(6-4-8)10(12)13/h3-6,11H,2,7H2,1H3,(H,12,13). The van der Waals surface area contributed by atoms with Crippen molar-refractivity contribution in [3.8, 4) is 0 Å². The van der Waals surface area contributed by atoms with Crippen molar-refractivity contribution in [3.05, 3.63) is 35.4 Å². The highest BCUT2D eigenvalue weighted by Crippen LogP contribution is 2.03. The van der Waals surface area contributed by atoms with Crippen molar-refractivity contribution in [3.63, 3.8) is 0 Å². The third kappa shape index (κ3) is 2.87. The van der Waals surface area contributed by atoms with Crippen molar-refractivity contribution >= 4 is 5.97 Å². The number of carboxylic acid groups (broad SMARTS) is 1. The zero-order valence-corrected chi connectivity index (χ0v) is 7.58. The molecule has 0 heterocycles. The highest BCUT2D eigenvalue weighted by molar-refractivity contribution is 5.87. The molecular formula is C10H13NO2. The lowest BCUT2D eigenvalue weighted by atomic mass is 10.1. The largest absolute Gasteiger partial charge is 0.478 e. The third-order valence-electron chi connectivity index (χ3n) is 1.78. The number of hydrogen-bond acceptors (Lipinski definition) is 2. The molecule has 0 aromatic heterocycles. The number of nitrogens with one attached hydrogen (secondary N) is 1. The van der Waals surface area contributed by atoms with Crippen molar-refractivity contribution in [1.29, 1.82) is 0 Å². The van der Waals surface area contributed by atoms with Gasteiger partial charge >= 0.3 is 5.97 Å². The molecule has 3 heteroatoms. The molecule has 0 radical (unpaired) electrons. The number of rotatable bonds is 4. The van der Waals surface area contributed by atoms with Crippen LogP contribution in [0.15, 0.2) is 24.3 Å². The van der Waals surface area contributed by atoms with E-state index < -0.39 is 5.97 Å². The minimum atomic E-state index is -0.880. The molecule has 70 valence electrons. The Morgan fingerprint density at radius 1 is 1.38 bits per heavy atom. The van der Waals surface area contributed by atoms with Gasteiger partial charge in [0.15, 0.2) is 0 Å². The first-order valence-corrected chi connectivity index (χ1v) is 4.27. The van der Waals surface area contributed by atoms with Crippen LogP contribution in [0.3, 0.4) is 0 Å². The zero-order valence-electron chi connectivity index (χ0n) is 7.58. The summed E-state index contributed by atoms with van der Waals surface area (Å²) in [6.45, 7) is 3.74. The summed E-state index contributed by atoms with van der Waals surface area (Å²) in [4.78, 5) is 10.5. The van der Waals surface area contributed by atoms with Crippen molar-refractivity contribution in [1.82, 2.24) is 5.32 Å². The molecule has 0 spiro atoms. The Morgan fingerprint density at radius 3 is 2.46 bits per heavy atom. The number of carbonyl (C=O) groups is 1. The van der Waals surface area contributed by atoms with Crippen molar-refractivity contribution in [2.24, 2.45) is 0 Å². The molecule has 0 saturated heterocycles. The first-order chi connectivity index (χ1) is 6.24. The molecule has 0 aliphatic heterocycles. The molecule has 2 N–H and O–H groups in total. The Morgan fingerprint density at radius 2 is 2.00 bits per heavy atom. The molecule has 3 nitrogen and oxygen atoms in total. The van der Waals surface area contributed by atoms with Gasteiger partial charge in [-0.3, -0.25) is 0 Å². The lowest BCUT2D eigenvalue weighted by molar-refractivity contribution is 0.0697. The molecule has 0 aliphatic rings. The van der Waals surface area contributed by atoms with Crippen LogP contribution in [0.1, 0.15) is 22.8 Å². The van der Waals surface area contributed by atoms with Gasteiger partial charge in [0.05, 0.1) is 5.56 Å². The fourth-order valence-electron chi connectivity index (χ4n) is 1.03. The summed E-state index contributed by atoms with van der Waals surface area (Å²) in [6, 6.07) is 6.89. The van der Waals surface area contributed by atoms with E-state index in [1.165, 1.54) is 0 Å². The summed E-state index contributed by atoms with van der Waals surface area (Å²) in [6.07, 6.45) is 0. The SMILES string of the molecule is CCNCc1ccc(C(=O)O)cc1. The molecular weight excluding hydrogens is 166 g/mol. The van der Waals surface area contributed by atoms with E-state index in [-0.39, 0.29) is 0 Å². The second kappa shape index (κ2) is 4.62. The topological polar surface area (TPSA) is 49.3 Å². The Balaban J connectivity index is 2.64. The molecule has 13 heavy (non-hydrogen) atoms. The van der Waals surface area contributed by atoms with Crippen molar-refractivity contribution in [2.75, 3.05) is 6.54 Å². The summed E-state index contributed by atoms with van der Waals surface area (Å²) in [5, 5.41) is 11.8. The summed E-state index contributed by atoms with van der Waals surface area (Å²) in [5.41, 5.74) is 1.44. The van der Waals surface area contributed by atoms with Crippen LogP contribution in [0.5, 0.6) is 0 Å². The van der Waals surface area contributed by atoms with Gasteiger partial charge < -0.3 is 10.4 Å². The van der Waals surface area contributed by atoms with E-state index in [9.17, 15) is 4.79 Å². The predicted octanol–water partition coefficient (Wildman–Crippen LogP) is 1.49. The van der Waals surface area contributed by atoms with Gasteiger partial charge in [0.25, 0.3) is 0 Å². The minimum Gasteiger partial charge on any atom is -0.478 e. The van der Waals surface area contributed by atoms with Crippen LogP contribution in [0.2, 0.25) is 0 Å². The summed E-state index contributed by atoms with van der Waals surface area (Å²) in [5.74, 6) is -0.880. The van der Waals surface area contributed by atoms with Crippen LogP contribution < -0.4 is 5.32 Å². The van der Waals surface area contributed by atoms with Gasteiger partial charge in [-0.05, 0) is 24.2 Å². The second-order valence-corrected chi connectivity index (χ2v) is 2.78. The summed E-state index contributed by atoms with van der Waals surface area (Å²) < 4.78 is 0. The minimum absolute atomic E-state index is 0.334. The summed E-state index contributed by atoms with van der Waals surface area (Å²) in [7, 11) is 0. The van der Waals surface area contributed by atoms with Crippen LogP contribution >= 0.6 is 0 Å². The monoisotopic (exact) mass is 179 g/mol. The van der Waals surface area contributed by atoms with Crippen LogP contribution in [-0.2, 0) is 6.54 Å². The maximum absolute atomic E-state index is 10.5. The van der Waals surface area contributed by atoms with E-state index in [1.54, 1.807) is 12.1 Å². The van der Waals surface area contributed by atoms with Gasteiger partial charge in [-0.2, -0.15) is 0 Å². The third-order valence-corrected chi connectivity index (χ3v) is 1.78. The van der Waals surface area contributed by atoms with Crippen LogP contribution in [0.4, 0.5) is 0 Å². The zero-order chi connectivity index (χ0) is 9.68. The normalized spacial score (nSPS) is 9.92. The van der Waals surface area contributed by atoms with Gasteiger partial charge in [-0.15, -0.1) is 0 Å². The lowest BCUT2D eigenvalue weighted by Gasteiger charge is -2.01. The first kappa shape index (κ1) is 9.74. The molecule has 0 bridgehead atoms. The van der Waals surface area contributed by atoms with Crippen LogP contribution in [0.25, 0.3) is 0 Å². The summed E-state index contributed by atoms with van der Waals surface area (Å²) >= 11 is 0. The first-order valence-electron chi connectivity index (χ1n) is 4.27.